The van der Waals surface area contributed by atoms with Crippen molar-refractivity contribution in [2.24, 2.45) is 0 Å². The summed E-state index contributed by atoms with van der Waals surface area (Å²) in [6, 6.07) is 0.361. The molecule has 0 spiro atoms. The molecule has 0 heterocycles. The van der Waals surface area contributed by atoms with Gasteiger partial charge in [0.25, 0.3) is 0 Å². The highest BCUT2D eigenvalue weighted by atomic mass is 16.5. The van der Waals surface area contributed by atoms with Gasteiger partial charge < -0.3 is 19.5 Å². The number of nitrogens with one attached hydrogen (secondary N) is 1. The highest BCUT2D eigenvalue weighted by Gasteiger charge is 2.17. The predicted molar refractivity (Wildman–Crippen MR) is 64.9 cm³/mol. The highest BCUT2D eigenvalue weighted by Crippen LogP contribution is 2.00. The van der Waals surface area contributed by atoms with E-state index in [4.69, 9.17) is 14.2 Å². The Kier molecular flexibility index (Phi) is 11.1. The molecule has 0 saturated carbocycles. The largest absolute Gasteiger partial charge is 0.383 e. The predicted octanol–water partition coefficient (Wildman–Crippen LogP) is -0.184. The summed E-state index contributed by atoms with van der Waals surface area (Å²) >= 11 is 0. The van der Waals surface area contributed by atoms with E-state index in [9.17, 15) is 0 Å². The van der Waals surface area contributed by atoms with Crippen molar-refractivity contribution in [2.45, 2.75) is 6.04 Å². The molecule has 0 aromatic carbocycles. The van der Waals surface area contributed by atoms with Crippen molar-refractivity contribution in [3.8, 4) is 0 Å². The summed E-state index contributed by atoms with van der Waals surface area (Å²) in [7, 11) is 7.12. The molecule has 98 valence electrons. The minimum absolute atomic E-state index is 0.361. The number of hydrogen-bond donors (Lipinski definition) is 1. The van der Waals surface area contributed by atoms with Crippen LogP contribution in [0.4, 0.5) is 0 Å². The lowest BCUT2D eigenvalue weighted by atomic mass is 10.2. The highest BCUT2D eigenvalue weighted by molar-refractivity contribution is 4.73. The minimum Gasteiger partial charge on any atom is -0.383 e. The average molecular weight is 234 g/mol. The van der Waals surface area contributed by atoms with Crippen molar-refractivity contribution >= 4 is 0 Å². The molecule has 0 aliphatic carbocycles. The Hall–Kier alpha value is -0.200. The van der Waals surface area contributed by atoms with Gasteiger partial charge in [-0.2, -0.15) is 0 Å². The Bertz CT molecular complexity index is 133. The third kappa shape index (κ3) is 7.14. The molecule has 0 aliphatic heterocycles. The lowest BCUT2D eigenvalue weighted by Crippen LogP contribution is -2.47. The van der Waals surface area contributed by atoms with E-state index in [2.05, 4.69) is 10.2 Å². The van der Waals surface area contributed by atoms with E-state index in [1.165, 1.54) is 0 Å². The van der Waals surface area contributed by atoms with Crippen LogP contribution in [0.2, 0.25) is 0 Å². The van der Waals surface area contributed by atoms with Gasteiger partial charge in [-0.05, 0) is 7.05 Å². The third-order valence-corrected chi connectivity index (χ3v) is 2.48. The molecule has 0 aromatic heterocycles. The van der Waals surface area contributed by atoms with Gasteiger partial charge in [-0.1, -0.05) is 0 Å². The molecule has 0 radical (unpaired) electrons. The summed E-state index contributed by atoms with van der Waals surface area (Å²) in [5.74, 6) is 0. The first kappa shape index (κ1) is 15.8. The molecule has 0 rings (SSSR count). The van der Waals surface area contributed by atoms with E-state index >= 15 is 0 Å². The smallest absolute Gasteiger partial charge is 0.0630 e. The van der Waals surface area contributed by atoms with Crippen molar-refractivity contribution in [2.75, 3.05) is 67.8 Å². The fourth-order valence-corrected chi connectivity index (χ4v) is 1.62. The van der Waals surface area contributed by atoms with Crippen molar-refractivity contribution in [1.82, 2.24) is 10.2 Å². The van der Waals surface area contributed by atoms with Crippen molar-refractivity contribution < 1.29 is 14.2 Å². The van der Waals surface area contributed by atoms with Gasteiger partial charge in [0, 0.05) is 47.0 Å². The van der Waals surface area contributed by atoms with Gasteiger partial charge >= 0.3 is 0 Å². The Morgan fingerprint density at radius 3 is 1.94 bits per heavy atom. The van der Waals surface area contributed by atoms with Gasteiger partial charge in [0.2, 0.25) is 0 Å². The van der Waals surface area contributed by atoms with Crippen molar-refractivity contribution in [3.63, 3.8) is 0 Å². The first-order valence-electron chi connectivity index (χ1n) is 5.65. The summed E-state index contributed by atoms with van der Waals surface area (Å²) in [5.41, 5.74) is 0. The first-order chi connectivity index (χ1) is 7.79. The molecule has 1 atom stereocenters. The number of methoxy groups -OCH3 is 3. The van der Waals surface area contributed by atoms with Gasteiger partial charge in [-0.25, -0.2) is 0 Å². The van der Waals surface area contributed by atoms with Crippen LogP contribution >= 0.6 is 0 Å². The molecule has 0 bridgehead atoms. The van der Waals surface area contributed by atoms with Gasteiger partial charge in [0.1, 0.15) is 0 Å². The van der Waals surface area contributed by atoms with Crippen LogP contribution in [0.25, 0.3) is 0 Å². The Morgan fingerprint density at radius 1 is 1.00 bits per heavy atom. The van der Waals surface area contributed by atoms with Crippen LogP contribution in [0, 0.1) is 0 Å². The molecule has 0 aromatic rings. The minimum atomic E-state index is 0.361. The lowest BCUT2D eigenvalue weighted by molar-refractivity contribution is 0.0497. The maximum absolute atomic E-state index is 5.23. The van der Waals surface area contributed by atoms with E-state index in [0.717, 1.165) is 32.8 Å². The first-order valence-corrected chi connectivity index (χ1v) is 5.65. The number of hydrogen-bond acceptors (Lipinski definition) is 5. The maximum atomic E-state index is 5.23. The molecule has 1 unspecified atom stereocenters. The van der Waals surface area contributed by atoms with Crippen molar-refractivity contribution in [3.05, 3.63) is 0 Å². The average Bonchev–Trinajstić information content (AvgIpc) is 2.29. The standard InChI is InChI=1S/C11H26N2O3/c1-12-9-11(10-16-4)13(5-7-14-2)6-8-15-3/h11-12H,5-10H2,1-4H3. The van der Waals surface area contributed by atoms with E-state index in [-0.39, 0.29) is 0 Å². The fraction of sp³-hybridized carbons (Fsp3) is 1.00. The molecule has 0 saturated heterocycles. The summed E-state index contributed by atoms with van der Waals surface area (Å²) in [6.45, 7) is 4.88. The Labute approximate surface area is 99.0 Å². The van der Waals surface area contributed by atoms with Crippen LogP contribution in [0.15, 0.2) is 0 Å². The zero-order valence-electron chi connectivity index (χ0n) is 11.0. The van der Waals surface area contributed by atoms with Crippen LogP contribution in [0.1, 0.15) is 0 Å². The molecule has 0 fully saturated rings. The number of likely N-dealkylation sites (N-methyl/N-ethyl adjacent to an activating group) is 1. The third-order valence-electron chi connectivity index (χ3n) is 2.48. The zero-order chi connectivity index (χ0) is 12.2. The molecule has 5 nitrogen and oxygen atoms in total. The molecule has 0 aliphatic rings. The number of ether oxygens (including phenoxy) is 3. The summed E-state index contributed by atoms with van der Waals surface area (Å²) in [5, 5.41) is 3.18. The normalized spacial score (nSPS) is 13.3. The Morgan fingerprint density at radius 2 is 1.56 bits per heavy atom. The van der Waals surface area contributed by atoms with Crippen molar-refractivity contribution in [1.29, 1.82) is 0 Å². The van der Waals surface area contributed by atoms with Gasteiger partial charge in [-0.3, -0.25) is 4.90 Å². The summed E-state index contributed by atoms with van der Waals surface area (Å²) in [4.78, 5) is 2.33. The molecule has 0 amide bonds. The molecule has 5 heteroatoms. The van der Waals surface area contributed by atoms with Gasteiger partial charge in [-0.15, -0.1) is 0 Å². The van der Waals surface area contributed by atoms with Gasteiger partial charge in [0.15, 0.2) is 0 Å². The van der Waals surface area contributed by atoms with E-state index in [0.29, 0.717) is 12.6 Å². The fourth-order valence-electron chi connectivity index (χ4n) is 1.62. The molecular formula is C11H26N2O3. The monoisotopic (exact) mass is 234 g/mol. The summed E-state index contributed by atoms with van der Waals surface area (Å²) < 4.78 is 15.5. The zero-order valence-corrected chi connectivity index (χ0v) is 11.0. The van der Waals surface area contributed by atoms with E-state index in [1.807, 2.05) is 7.05 Å². The van der Waals surface area contributed by atoms with E-state index < -0.39 is 0 Å². The summed E-state index contributed by atoms with van der Waals surface area (Å²) in [6.07, 6.45) is 0. The Balaban J connectivity index is 4.15. The molecular weight excluding hydrogens is 208 g/mol. The van der Waals surface area contributed by atoms with Gasteiger partial charge in [0.05, 0.1) is 19.8 Å². The number of rotatable bonds is 11. The second-order valence-corrected chi connectivity index (χ2v) is 3.69. The second kappa shape index (κ2) is 11.3. The maximum Gasteiger partial charge on any atom is 0.0630 e. The SMILES string of the molecule is CNCC(COC)N(CCOC)CCOC. The van der Waals surface area contributed by atoms with Crippen LogP contribution < -0.4 is 5.32 Å². The van der Waals surface area contributed by atoms with Crippen LogP contribution in [0.5, 0.6) is 0 Å². The van der Waals surface area contributed by atoms with Crippen LogP contribution in [-0.2, 0) is 14.2 Å². The quantitative estimate of drug-likeness (QED) is 0.537. The lowest BCUT2D eigenvalue weighted by Gasteiger charge is -2.30. The number of nitrogens with zero attached hydrogens (tertiary/aromatic N) is 1. The topological polar surface area (TPSA) is 43.0 Å². The van der Waals surface area contributed by atoms with Crippen LogP contribution in [0.3, 0.4) is 0 Å². The van der Waals surface area contributed by atoms with E-state index in [1.54, 1.807) is 21.3 Å². The molecule has 1 N–H and O–H groups in total. The molecule has 16 heavy (non-hydrogen) atoms. The van der Waals surface area contributed by atoms with Crippen LogP contribution in [-0.4, -0.2) is 78.8 Å². The second-order valence-electron chi connectivity index (χ2n) is 3.69.